The van der Waals surface area contributed by atoms with Gasteiger partial charge in [0.25, 0.3) is 11.8 Å². The van der Waals surface area contributed by atoms with Crippen LogP contribution in [0.1, 0.15) is 61.4 Å². The van der Waals surface area contributed by atoms with Gasteiger partial charge in [-0.15, -0.1) is 10.2 Å². The number of unbranched alkanes of at least 4 members (excludes halogenated alkanes) is 3. The molecule has 0 aliphatic rings. The highest BCUT2D eigenvalue weighted by Gasteiger charge is 2.17. The van der Waals surface area contributed by atoms with Crippen molar-refractivity contribution in [3.8, 4) is 5.88 Å². The summed E-state index contributed by atoms with van der Waals surface area (Å²) < 4.78 is 1.83. The lowest BCUT2D eigenvalue weighted by Gasteiger charge is -2.05. The zero-order chi connectivity index (χ0) is 23.6. The van der Waals surface area contributed by atoms with Gasteiger partial charge in [-0.05, 0) is 50.5 Å². The number of azo groups is 1. The highest BCUT2D eigenvalue weighted by Crippen LogP contribution is 2.39. The smallest absolute Gasteiger partial charge is 0.264 e. The van der Waals surface area contributed by atoms with Crippen LogP contribution in [-0.2, 0) is 11.3 Å². The highest BCUT2D eigenvalue weighted by molar-refractivity contribution is 5.96. The highest BCUT2D eigenvalue weighted by atomic mass is 16.3. The van der Waals surface area contributed by atoms with E-state index in [2.05, 4.69) is 22.5 Å². The Morgan fingerprint density at radius 1 is 1.03 bits per heavy atom. The number of nitrogens with zero attached hydrogens (tertiary/aromatic N) is 3. The van der Waals surface area contributed by atoms with Crippen molar-refractivity contribution in [1.82, 2.24) is 9.88 Å². The van der Waals surface area contributed by atoms with E-state index in [0.717, 1.165) is 42.1 Å². The first kappa shape index (κ1) is 24.2. The van der Waals surface area contributed by atoms with Gasteiger partial charge in [-0.1, -0.05) is 49.6 Å². The van der Waals surface area contributed by atoms with Crippen molar-refractivity contribution in [1.29, 1.82) is 0 Å². The van der Waals surface area contributed by atoms with E-state index >= 15 is 0 Å². The van der Waals surface area contributed by atoms with Crippen molar-refractivity contribution in [2.75, 3.05) is 6.54 Å². The van der Waals surface area contributed by atoms with Gasteiger partial charge in [0, 0.05) is 30.5 Å². The van der Waals surface area contributed by atoms with E-state index in [1.54, 1.807) is 12.1 Å². The van der Waals surface area contributed by atoms with Gasteiger partial charge in [-0.2, -0.15) is 0 Å². The summed E-state index contributed by atoms with van der Waals surface area (Å²) in [7, 11) is 0. The molecule has 0 unspecified atom stereocenters. The van der Waals surface area contributed by atoms with Crippen molar-refractivity contribution >= 4 is 28.4 Å². The Hall–Kier alpha value is -3.48. The summed E-state index contributed by atoms with van der Waals surface area (Å²) >= 11 is 0. The molecule has 1 aromatic heterocycles. The maximum atomic E-state index is 12.2. The Bertz CT molecular complexity index is 1120. The minimum atomic E-state index is -0.315. The molecule has 0 aliphatic heterocycles. The summed E-state index contributed by atoms with van der Waals surface area (Å²) in [5.74, 6) is -0.354. The van der Waals surface area contributed by atoms with Crippen LogP contribution in [0.15, 0.2) is 58.8 Å². The van der Waals surface area contributed by atoms with Crippen LogP contribution >= 0.6 is 0 Å². The molecular formula is C26H32N4O3. The molecular weight excluding hydrogens is 416 g/mol. The molecule has 33 heavy (non-hydrogen) atoms. The number of benzene rings is 2. The van der Waals surface area contributed by atoms with Gasteiger partial charge in [0.15, 0.2) is 5.69 Å². The number of nitrogens with one attached hydrogen (secondary N) is 1. The molecule has 7 nitrogen and oxygen atoms in total. The molecule has 0 aliphatic carbocycles. The molecule has 2 amide bonds. The van der Waals surface area contributed by atoms with Crippen LogP contribution in [0.3, 0.4) is 0 Å². The van der Waals surface area contributed by atoms with Crippen LogP contribution in [0.2, 0.25) is 0 Å². The normalized spacial score (nSPS) is 11.3. The summed E-state index contributed by atoms with van der Waals surface area (Å²) in [5, 5.41) is 22.4. The second-order valence-corrected chi connectivity index (χ2v) is 8.22. The summed E-state index contributed by atoms with van der Waals surface area (Å²) in [6.45, 7) is 5.33. The molecule has 2 N–H and O–H groups in total. The van der Waals surface area contributed by atoms with Gasteiger partial charge in [-0.3, -0.25) is 9.59 Å². The van der Waals surface area contributed by atoms with Crippen LogP contribution in [-0.4, -0.2) is 28.0 Å². The lowest BCUT2D eigenvalue weighted by Crippen LogP contribution is -2.24. The predicted molar refractivity (Wildman–Crippen MR) is 130 cm³/mol. The van der Waals surface area contributed by atoms with Gasteiger partial charge in [0.05, 0.1) is 5.52 Å². The first-order chi connectivity index (χ1) is 16.0. The molecule has 2 aromatic carbocycles. The van der Waals surface area contributed by atoms with Gasteiger partial charge in [0.2, 0.25) is 5.88 Å². The number of hydrogen-bond donors (Lipinski definition) is 2. The average molecular weight is 449 g/mol. The minimum absolute atomic E-state index is 0.0507. The van der Waals surface area contributed by atoms with Gasteiger partial charge < -0.3 is 15.0 Å². The second kappa shape index (κ2) is 11.9. The number of aryl methyl sites for hydroxylation is 2. The third kappa shape index (κ3) is 6.51. The lowest BCUT2D eigenvalue weighted by molar-refractivity contribution is -0.118. The average Bonchev–Trinajstić information content (AvgIpc) is 3.08. The molecule has 0 fully saturated rings. The molecule has 0 radical (unpaired) electrons. The number of rotatable bonds is 11. The molecule has 0 atom stereocenters. The molecule has 0 bridgehead atoms. The molecule has 174 valence electrons. The molecule has 0 saturated carbocycles. The Morgan fingerprint density at radius 2 is 1.82 bits per heavy atom. The molecule has 7 heteroatoms. The van der Waals surface area contributed by atoms with E-state index in [4.69, 9.17) is 0 Å². The Morgan fingerprint density at radius 3 is 2.58 bits per heavy atom. The van der Waals surface area contributed by atoms with E-state index in [1.165, 1.54) is 0 Å². The maximum absolute atomic E-state index is 12.2. The van der Waals surface area contributed by atoms with E-state index in [9.17, 15) is 14.7 Å². The quantitative estimate of drug-likeness (QED) is 0.276. The first-order valence-corrected chi connectivity index (χ1v) is 11.6. The Labute approximate surface area is 194 Å². The summed E-state index contributed by atoms with van der Waals surface area (Å²) in [6.07, 6.45) is 4.49. The molecule has 0 saturated heterocycles. The van der Waals surface area contributed by atoms with Crippen LogP contribution < -0.4 is 5.32 Å². The zero-order valence-electron chi connectivity index (χ0n) is 19.4. The minimum Gasteiger partial charge on any atom is -0.493 e. The van der Waals surface area contributed by atoms with Gasteiger partial charge in [-0.25, -0.2) is 0 Å². The maximum Gasteiger partial charge on any atom is 0.264 e. The lowest BCUT2D eigenvalue weighted by atomic mass is 10.1. The van der Waals surface area contributed by atoms with E-state index < -0.39 is 0 Å². The molecule has 0 spiro atoms. The van der Waals surface area contributed by atoms with E-state index in [-0.39, 0.29) is 24.1 Å². The van der Waals surface area contributed by atoms with E-state index in [0.29, 0.717) is 30.8 Å². The monoisotopic (exact) mass is 448 g/mol. The van der Waals surface area contributed by atoms with Crippen LogP contribution in [0, 0.1) is 6.92 Å². The van der Waals surface area contributed by atoms with Crippen molar-refractivity contribution in [3.05, 3.63) is 59.7 Å². The van der Waals surface area contributed by atoms with E-state index in [1.807, 2.05) is 47.9 Å². The first-order valence-electron chi connectivity index (χ1n) is 11.6. The third-order valence-electron chi connectivity index (χ3n) is 5.55. The SMILES string of the molecule is CCCCn1c(O)c(N=NC(=O)CCCCCNC(=O)c2ccccc2)c2cc(C)ccc21. The standard InChI is InChI=1S/C26H32N4O3/c1-3-4-17-30-22-15-14-19(2)18-21(22)24(26(30)33)29-28-23(31)13-9-6-10-16-27-25(32)20-11-7-5-8-12-20/h5,7-8,11-12,14-15,18,33H,3-4,6,9-10,13,16-17H2,1-2H3,(H,27,32). The third-order valence-corrected chi connectivity index (χ3v) is 5.55. The Balaban J connectivity index is 1.50. The van der Waals surface area contributed by atoms with Crippen molar-refractivity contribution in [3.63, 3.8) is 0 Å². The number of amides is 2. The van der Waals surface area contributed by atoms with Crippen LogP contribution in [0.4, 0.5) is 5.69 Å². The molecule has 3 aromatic rings. The number of hydrogen-bond acceptors (Lipinski definition) is 4. The largest absolute Gasteiger partial charge is 0.493 e. The number of aromatic hydroxyl groups is 1. The summed E-state index contributed by atoms with van der Waals surface area (Å²) in [6, 6.07) is 15.0. The summed E-state index contributed by atoms with van der Waals surface area (Å²) in [5.41, 5.74) is 2.94. The summed E-state index contributed by atoms with van der Waals surface area (Å²) in [4.78, 5) is 24.2. The zero-order valence-corrected chi connectivity index (χ0v) is 19.4. The predicted octanol–water partition coefficient (Wildman–Crippen LogP) is 6.06. The van der Waals surface area contributed by atoms with Gasteiger partial charge in [0.1, 0.15) is 0 Å². The van der Waals surface area contributed by atoms with Crippen molar-refractivity contribution in [2.45, 2.75) is 58.9 Å². The second-order valence-electron chi connectivity index (χ2n) is 8.22. The number of carbonyl (C=O) groups excluding carboxylic acids is 2. The molecule has 1 heterocycles. The van der Waals surface area contributed by atoms with Crippen molar-refractivity contribution in [2.24, 2.45) is 10.2 Å². The Kier molecular flexibility index (Phi) is 8.75. The fourth-order valence-corrected chi connectivity index (χ4v) is 3.71. The van der Waals surface area contributed by atoms with Crippen LogP contribution in [0.25, 0.3) is 10.9 Å². The number of fused-ring (bicyclic) bond motifs is 1. The van der Waals surface area contributed by atoms with Crippen molar-refractivity contribution < 1.29 is 14.7 Å². The number of aromatic nitrogens is 1. The topological polar surface area (TPSA) is 96.0 Å². The fraction of sp³-hybridized carbons (Fsp3) is 0.385. The van der Waals surface area contributed by atoms with Crippen LogP contribution in [0.5, 0.6) is 5.88 Å². The molecule has 3 rings (SSSR count). The number of carbonyl (C=O) groups is 2. The fourth-order valence-electron chi connectivity index (χ4n) is 3.71. The van der Waals surface area contributed by atoms with Gasteiger partial charge >= 0.3 is 0 Å².